The molecule has 0 spiro atoms. The number of carbonyl (C=O) groups is 1. The zero-order valence-corrected chi connectivity index (χ0v) is 18.4. The lowest BCUT2D eigenvalue weighted by Crippen LogP contribution is -2.39. The number of nitrogen functional groups attached to an aromatic ring is 1. The van der Waals surface area contributed by atoms with Crippen molar-refractivity contribution in [3.63, 3.8) is 0 Å². The van der Waals surface area contributed by atoms with Crippen LogP contribution in [0.3, 0.4) is 0 Å². The van der Waals surface area contributed by atoms with Crippen LogP contribution in [0.5, 0.6) is 0 Å². The van der Waals surface area contributed by atoms with Gasteiger partial charge in [-0.3, -0.25) is 9.78 Å². The Morgan fingerprint density at radius 3 is 2.47 bits per heavy atom. The number of aromatic nitrogens is 4. The summed E-state index contributed by atoms with van der Waals surface area (Å²) < 4.78 is 5.52. The van der Waals surface area contributed by atoms with Crippen molar-refractivity contribution in [1.82, 2.24) is 25.0 Å². The van der Waals surface area contributed by atoms with Crippen molar-refractivity contribution in [2.24, 2.45) is 0 Å². The van der Waals surface area contributed by atoms with Crippen molar-refractivity contribution in [1.29, 1.82) is 0 Å². The molecule has 4 aromatic rings. The van der Waals surface area contributed by atoms with Crippen LogP contribution in [0.25, 0.3) is 34.0 Å². The summed E-state index contributed by atoms with van der Waals surface area (Å²) >= 11 is 0. The second-order valence-corrected chi connectivity index (χ2v) is 8.19. The van der Waals surface area contributed by atoms with Crippen molar-refractivity contribution in [3.05, 3.63) is 66.6 Å². The lowest BCUT2D eigenvalue weighted by Gasteiger charge is -2.26. The quantitative estimate of drug-likeness (QED) is 0.514. The van der Waals surface area contributed by atoms with Crippen LogP contribution in [0.1, 0.15) is 19.5 Å². The summed E-state index contributed by atoms with van der Waals surface area (Å²) in [5.41, 5.74) is 9.31. The molecule has 32 heavy (non-hydrogen) atoms. The first-order valence-electron chi connectivity index (χ1n) is 10.1. The standard InChI is InChI=1S/C24H24N6O2/c1-24(2,23(31)30(3)4)20-12-16(10-11-26-20)18-14-27-22(25)21(28-18)19-13-17(29-32-19)15-8-6-5-7-9-15/h5-14H,1-4H3,(H2,25,27). The molecule has 0 radical (unpaired) electrons. The van der Waals surface area contributed by atoms with Crippen LogP contribution >= 0.6 is 0 Å². The highest BCUT2D eigenvalue weighted by Crippen LogP contribution is 2.31. The Kier molecular flexibility index (Phi) is 5.44. The van der Waals surface area contributed by atoms with Crippen LogP contribution in [-0.2, 0) is 10.2 Å². The van der Waals surface area contributed by atoms with E-state index in [0.29, 0.717) is 28.5 Å². The van der Waals surface area contributed by atoms with E-state index in [1.165, 1.54) is 0 Å². The van der Waals surface area contributed by atoms with Gasteiger partial charge in [0.1, 0.15) is 5.69 Å². The SMILES string of the molecule is CN(C)C(=O)C(C)(C)c1cc(-c2cnc(N)c(-c3cc(-c4ccccc4)no3)n2)ccn1. The van der Waals surface area contributed by atoms with Crippen LogP contribution < -0.4 is 5.73 Å². The Hall–Kier alpha value is -4.07. The number of nitrogens with two attached hydrogens (primary N) is 1. The maximum absolute atomic E-state index is 12.6. The molecule has 1 aromatic carbocycles. The summed E-state index contributed by atoms with van der Waals surface area (Å²) in [7, 11) is 3.46. The van der Waals surface area contributed by atoms with Gasteiger partial charge in [0.15, 0.2) is 17.3 Å². The molecule has 0 saturated carbocycles. The van der Waals surface area contributed by atoms with Gasteiger partial charge in [0, 0.05) is 37.5 Å². The van der Waals surface area contributed by atoms with E-state index in [0.717, 1.165) is 11.1 Å². The molecule has 3 heterocycles. The minimum absolute atomic E-state index is 0.0404. The normalized spacial score (nSPS) is 11.4. The van der Waals surface area contributed by atoms with Crippen molar-refractivity contribution < 1.29 is 9.32 Å². The number of nitrogens with zero attached hydrogens (tertiary/aromatic N) is 5. The number of pyridine rings is 1. The molecule has 0 fully saturated rings. The van der Waals surface area contributed by atoms with Gasteiger partial charge < -0.3 is 15.2 Å². The van der Waals surface area contributed by atoms with Gasteiger partial charge in [0.25, 0.3) is 0 Å². The summed E-state index contributed by atoms with van der Waals surface area (Å²) in [5, 5.41) is 4.14. The van der Waals surface area contributed by atoms with Gasteiger partial charge in [-0.25, -0.2) is 9.97 Å². The van der Waals surface area contributed by atoms with Crippen LogP contribution in [0.2, 0.25) is 0 Å². The van der Waals surface area contributed by atoms with E-state index in [4.69, 9.17) is 10.3 Å². The minimum atomic E-state index is -0.793. The lowest BCUT2D eigenvalue weighted by molar-refractivity contribution is -0.133. The van der Waals surface area contributed by atoms with E-state index in [2.05, 4.69) is 20.1 Å². The molecule has 2 N–H and O–H groups in total. The van der Waals surface area contributed by atoms with Gasteiger partial charge in [-0.1, -0.05) is 35.5 Å². The number of likely N-dealkylation sites (N-methyl/N-ethyl adjacent to an activating group) is 1. The first kappa shape index (κ1) is 21.2. The number of anilines is 1. The fraction of sp³-hybridized carbons (Fsp3) is 0.208. The van der Waals surface area contributed by atoms with Crippen LogP contribution in [0.15, 0.2) is 65.4 Å². The Bertz CT molecular complexity index is 1260. The number of carbonyl (C=O) groups excluding carboxylic acids is 1. The number of amides is 1. The average molecular weight is 428 g/mol. The first-order chi connectivity index (χ1) is 15.3. The highest BCUT2D eigenvalue weighted by atomic mass is 16.5. The predicted octanol–water partition coefficient (Wildman–Crippen LogP) is 3.81. The lowest BCUT2D eigenvalue weighted by atomic mass is 9.86. The second-order valence-electron chi connectivity index (χ2n) is 8.19. The van der Waals surface area contributed by atoms with Crippen molar-refractivity contribution in [3.8, 4) is 34.0 Å². The van der Waals surface area contributed by atoms with Gasteiger partial charge in [-0.05, 0) is 26.0 Å². The Balaban J connectivity index is 1.71. The molecular formula is C24H24N6O2. The van der Waals surface area contributed by atoms with E-state index in [9.17, 15) is 4.79 Å². The number of benzene rings is 1. The van der Waals surface area contributed by atoms with E-state index < -0.39 is 5.41 Å². The molecule has 0 aliphatic heterocycles. The van der Waals surface area contributed by atoms with E-state index in [1.807, 2.05) is 56.3 Å². The predicted molar refractivity (Wildman–Crippen MR) is 122 cm³/mol. The van der Waals surface area contributed by atoms with Crippen LogP contribution in [0, 0.1) is 0 Å². The first-order valence-corrected chi connectivity index (χ1v) is 10.1. The van der Waals surface area contributed by atoms with Crippen LogP contribution in [0.4, 0.5) is 5.82 Å². The molecule has 0 unspecified atom stereocenters. The monoisotopic (exact) mass is 428 g/mol. The molecule has 162 valence electrons. The maximum Gasteiger partial charge on any atom is 0.233 e. The Morgan fingerprint density at radius 1 is 1.00 bits per heavy atom. The van der Waals surface area contributed by atoms with Gasteiger partial charge in [0.2, 0.25) is 5.91 Å². The van der Waals surface area contributed by atoms with Crippen molar-refractivity contribution in [2.45, 2.75) is 19.3 Å². The maximum atomic E-state index is 12.6. The molecule has 8 nitrogen and oxygen atoms in total. The molecule has 0 atom stereocenters. The Labute approximate surface area is 186 Å². The third-order valence-electron chi connectivity index (χ3n) is 5.25. The summed E-state index contributed by atoms with van der Waals surface area (Å²) in [5.74, 6) is 0.622. The minimum Gasteiger partial charge on any atom is -0.382 e. The molecule has 0 saturated heterocycles. The third kappa shape index (κ3) is 3.94. The van der Waals surface area contributed by atoms with Crippen molar-refractivity contribution >= 4 is 11.7 Å². The fourth-order valence-electron chi connectivity index (χ4n) is 3.45. The molecule has 8 heteroatoms. The molecular weight excluding hydrogens is 404 g/mol. The summed E-state index contributed by atoms with van der Waals surface area (Å²) in [6.45, 7) is 3.70. The molecule has 0 bridgehead atoms. The second kappa shape index (κ2) is 8.22. The van der Waals surface area contributed by atoms with E-state index >= 15 is 0 Å². The van der Waals surface area contributed by atoms with E-state index in [-0.39, 0.29) is 11.7 Å². The number of rotatable bonds is 5. The number of hydrogen-bond donors (Lipinski definition) is 1. The van der Waals surface area contributed by atoms with Crippen LogP contribution in [-0.4, -0.2) is 45.0 Å². The topological polar surface area (TPSA) is 111 Å². The highest BCUT2D eigenvalue weighted by molar-refractivity contribution is 5.87. The van der Waals surface area contributed by atoms with E-state index in [1.54, 1.807) is 37.5 Å². The van der Waals surface area contributed by atoms with Crippen molar-refractivity contribution in [2.75, 3.05) is 19.8 Å². The zero-order chi connectivity index (χ0) is 22.9. The number of hydrogen-bond acceptors (Lipinski definition) is 7. The smallest absolute Gasteiger partial charge is 0.233 e. The summed E-state index contributed by atoms with van der Waals surface area (Å²) in [6.07, 6.45) is 3.25. The highest BCUT2D eigenvalue weighted by Gasteiger charge is 2.33. The summed E-state index contributed by atoms with van der Waals surface area (Å²) in [6, 6.07) is 15.2. The van der Waals surface area contributed by atoms with Gasteiger partial charge in [-0.2, -0.15) is 0 Å². The zero-order valence-electron chi connectivity index (χ0n) is 18.4. The largest absolute Gasteiger partial charge is 0.382 e. The van der Waals surface area contributed by atoms with Gasteiger partial charge in [0.05, 0.1) is 23.0 Å². The summed E-state index contributed by atoms with van der Waals surface area (Å²) in [4.78, 5) is 27.6. The molecule has 0 aliphatic carbocycles. The molecule has 1 amide bonds. The third-order valence-corrected chi connectivity index (χ3v) is 5.25. The molecule has 4 rings (SSSR count). The fourth-order valence-corrected chi connectivity index (χ4v) is 3.45. The average Bonchev–Trinajstić information content (AvgIpc) is 3.29. The van der Waals surface area contributed by atoms with Gasteiger partial charge in [-0.15, -0.1) is 0 Å². The Morgan fingerprint density at radius 2 is 1.75 bits per heavy atom. The molecule has 0 aliphatic rings. The molecule has 3 aromatic heterocycles. The van der Waals surface area contributed by atoms with Gasteiger partial charge >= 0.3 is 0 Å².